The number of imidazole rings is 1. The molecule has 1 fully saturated rings. The van der Waals surface area contributed by atoms with Gasteiger partial charge in [0, 0.05) is 6.54 Å². The molecule has 0 saturated carbocycles. The van der Waals surface area contributed by atoms with E-state index in [1.165, 1.54) is 4.57 Å². The molecule has 2 aromatic rings. The number of aliphatic hydroxyl groups excluding tert-OH is 3. The molecule has 11 heteroatoms. The van der Waals surface area contributed by atoms with Gasteiger partial charge in [0.1, 0.15) is 18.3 Å². The molecule has 3 heterocycles. The lowest BCUT2D eigenvalue weighted by molar-refractivity contribution is -0.0501. The lowest BCUT2D eigenvalue weighted by atomic mass is 10.1. The number of fused-ring (bicyclic) bond motifs is 1. The number of H-pyrrole nitrogens is 1. The second-order valence-corrected chi connectivity index (χ2v) is 5.19. The van der Waals surface area contributed by atoms with Crippen LogP contribution < -0.4 is 16.6 Å². The van der Waals surface area contributed by atoms with Crippen molar-refractivity contribution < 1.29 is 20.1 Å². The topological polar surface area (TPSA) is 172 Å². The molecule has 0 amide bonds. The molecule has 0 aliphatic carbocycles. The first-order valence-electron chi connectivity index (χ1n) is 7.12. The minimum Gasteiger partial charge on any atom is -0.394 e. The Labute approximate surface area is 129 Å². The fraction of sp³-hybridized carbons (Fsp3) is 0.583. The number of nitrogens with zero attached hydrogens (tertiary/aromatic N) is 3. The largest absolute Gasteiger partial charge is 0.394 e. The van der Waals surface area contributed by atoms with Crippen LogP contribution in [0, 0.1) is 0 Å². The zero-order chi connectivity index (χ0) is 16.7. The van der Waals surface area contributed by atoms with Gasteiger partial charge in [-0.1, -0.05) is 0 Å². The first-order chi connectivity index (χ1) is 11.0. The first-order valence-corrected chi connectivity index (χ1v) is 7.12. The number of rotatable bonds is 4. The molecule has 0 radical (unpaired) electrons. The maximum atomic E-state index is 12.0. The number of nitrogens with one attached hydrogen (secondary N) is 2. The van der Waals surface area contributed by atoms with E-state index in [0.29, 0.717) is 6.54 Å². The van der Waals surface area contributed by atoms with Crippen LogP contribution in [0.1, 0.15) is 13.2 Å². The molecule has 126 valence electrons. The molecule has 1 aliphatic rings. The third-order valence-electron chi connectivity index (χ3n) is 3.68. The van der Waals surface area contributed by atoms with Gasteiger partial charge in [-0.05, 0) is 6.92 Å². The highest BCUT2D eigenvalue weighted by atomic mass is 16.6. The number of ether oxygens (including phenoxy) is 1. The van der Waals surface area contributed by atoms with Crippen LogP contribution in [0.25, 0.3) is 11.2 Å². The molecule has 1 saturated heterocycles. The standard InChI is InChI=1S/C12H18N6O5/c1-2-14-12-15-5-8(16-11(13)17-9(5)22)18(12)10-7(21)6(20)4(3-19)23-10/h4,6-7,10,19-21H,2-3H2,1H3,(H,14,15)(H3,13,16,17,22)/t4-,6+,7+,10-/m0/s1. The number of aliphatic hydroxyl groups is 3. The van der Waals surface area contributed by atoms with Gasteiger partial charge in [-0.25, -0.2) is 4.98 Å². The highest BCUT2D eigenvalue weighted by Crippen LogP contribution is 2.33. The summed E-state index contributed by atoms with van der Waals surface area (Å²) in [4.78, 5) is 22.5. The predicted octanol–water partition coefficient (Wildman–Crippen LogP) is -2.25. The van der Waals surface area contributed by atoms with Crippen molar-refractivity contribution >= 4 is 23.1 Å². The highest BCUT2D eigenvalue weighted by Gasteiger charge is 2.45. The maximum absolute atomic E-state index is 12.0. The average molecular weight is 326 g/mol. The second kappa shape index (κ2) is 5.77. The van der Waals surface area contributed by atoms with E-state index in [4.69, 9.17) is 10.5 Å². The number of nitrogen functional groups attached to an aromatic ring is 1. The van der Waals surface area contributed by atoms with E-state index in [0.717, 1.165) is 0 Å². The van der Waals surface area contributed by atoms with Crippen molar-refractivity contribution in [3.63, 3.8) is 0 Å². The summed E-state index contributed by atoms with van der Waals surface area (Å²) in [5.74, 6) is 0.124. The van der Waals surface area contributed by atoms with E-state index in [1.54, 1.807) is 0 Å². The van der Waals surface area contributed by atoms with Gasteiger partial charge in [-0.3, -0.25) is 14.3 Å². The zero-order valence-electron chi connectivity index (χ0n) is 12.3. The molecular weight excluding hydrogens is 308 g/mol. The summed E-state index contributed by atoms with van der Waals surface area (Å²) in [5, 5.41) is 32.3. The van der Waals surface area contributed by atoms with Crippen LogP contribution in [0.2, 0.25) is 0 Å². The molecular formula is C12H18N6O5. The van der Waals surface area contributed by atoms with Crippen molar-refractivity contribution in [3.05, 3.63) is 10.4 Å². The highest BCUT2D eigenvalue weighted by molar-refractivity contribution is 5.74. The van der Waals surface area contributed by atoms with Gasteiger partial charge in [0.05, 0.1) is 6.61 Å². The van der Waals surface area contributed by atoms with E-state index < -0.39 is 36.7 Å². The van der Waals surface area contributed by atoms with Crippen molar-refractivity contribution in [2.24, 2.45) is 0 Å². The van der Waals surface area contributed by atoms with Crippen molar-refractivity contribution in [2.75, 3.05) is 24.2 Å². The Hall–Kier alpha value is -2.21. The summed E-state index contributed by atoms with van der Waals surface area (Å²) in [6.45, 7) is 1.85. The SMILES string of the molecule is CCNc1nc2c(=O)[nH]c(N)nc2n1[C@H]1O[C@@H](CO)[C@@H](O)[C@H]1O. The van der Waals surface area contributed by atoms with E-state index in [9.17, 15) is 20.1 Å². The van der Waals surface area contributed by atoms with Gasteiger partial charge in [0.25, 0.3) is 5.56 Å². The summed E-state index contributed by atoms with van der Waals surface area (Å²) in [6.07, 6.45) is -4.64. The molecule has 0 aromatic carbocycles. The molecule has 0 unspecified atom stereocenters. The maximum Gasteiger partial charge on any atom is 0.280 e. The number of aromatic nitrogens is 4. The van der Waals surface area contributed by atoms with Gasteiger partial charge < -0.3 is 31.1 Å². The molecule has 2 aromatic heterocycles. The summed E-state index contributed by atoms with van der Waals surface area (Å²) >= 11 is 0. The van der Waals surface area contributed by atoms with E-state index in [2.05, 4.69) is 20.3 Å². The van der Waals surface area contributed by atoms with Crippen LogP contribution in [-0.4, -0.2) is 66.3 Å². The fourth-order valence-corrected chi connectivity index (χ4v) is 2.62. The molecule has 4 atom stereocenters. The lowest BCUT2D eigenvalue weighted by Gasteiger charge is -2.19. The van der Waals surface area contributed by atoms with Crippen molar-refractivity contribution in [3.8, 4) is 0 Å². The number of anilines is 2. The number of nitrogens with two attached hydrogens (primary N) is 1. The Bertz CT molecular complexity index is 773. The first kappa shape index (κ1) is 15.7. The van der Waals surface area contributed by atoms with Crippen LogP contribution in [0.4, 0.5) is 11.9 Å². The molecule has 23 heavy (non-hydrogen) atoms. The quantitative estimate of drug-likeness (QED) is 0.363. The fourth-order valence-electron chi connectivity index (χ4n) is 2.62. The molecule has 3 rings (SSSR count). The minimum absolute atomic E-state index is 0.0212. The molecule has 0 spiro atoms. The van der Waals surface area contributed by atoms with Crippen LogP contribution >= 0.6 is 0 Å². The van der Waals surface area contributed by atoms with Gasteiger partial charge in [-0.15, -0.1) is 0 Å². The van der Waals surface area contributed by atoms with Crippen molar-refractivity contribution in [2.45, 2.75) is 31.5 Å². The molecule has 0 bridgehead atoms. The van der Waals surface area contributed by atoms with Gasteiger partial charge >= 0.3 is 0 Å². The van der Waals surface area contributed by atoms with Gasteiger partial charge in [-0.2, -0.15) is 4.98 Å². The van der Waals surface area contributed by atoms with E-state index in [1.807, 2.05) is 6.92 Å². The summed E-state index contributed by atoms with van der Waals surface area (Å²) in [5.41, 5.74) is 5.17. The molecule has 7 N–H and O–H groups in total. The third-order valence-corrected chi connectivity index (χ3v) is 3.68. The van der Waals surface area contributed by atoms with Gasteiger partial charge in [0.15, 0.2) is 17.4 Å². The Kier molecular flexibility index (Phi) is 3.93. The molecule has 11 nitrogen and oxygen atoms in total. The number of aromatic amines is 1. The van der Waals surface area contributed by atoms with Crippen LogP contribution in [0.15, 0.2) is 4.79 Å². The van der Waals surface area contributed by atoms with E-state index in [-0.39, 0.29) is 23.1 Å². The summed E-state index contributed by atoms with van der Waals surface area (Å²) in [6, 6.07) is 0. The zero-order valence-corrected chi connectivity index (χ0v) is 12.3. The Morgan fingerprint density at radius 1 is 1.39 bits per heavy atom. The predicted molar refractivity (Wildman–Crippen MR) is 79.7 cm³/mol. The lowest BCUT2D eigenvalue weighted by Crippen LogP contribution is -2.33. The third kappa shape index (κ3) is 2.43. The average Bonchev–Trinajstić information content (AvgIpc) is 2.99. The summed E-state index contributed by atoms with van der Waals surface area (Å²) in [7, 11) is 0. The molecule has 1 aliphatic heterocycles. The smallest absolute Gasteiger partial charge is 0.280 e. The number of hydrogen-bond acceptors (Lipinski definition) is 9. The van der Waals surface area contributed by atoms with E-state index >= 15 is 0 Å². The Morgan fingerprint density at radius 2 is 2.13 bits per heavy atom. The van der Waals surface area contributed by atoms with Crippen molar-refractivity contribution in [1.29, 1.82) is 0 Å². The Balaban J connectivity index is 2.19. The van der Waals surface area contributed by atoms with Crippen molar-refractivity contribution in [1.82, 2.24) is 19.5 Å². The Morgan fingerprint density at radius 3 is 2.74 bits per heavy atom. The summed E-state index contributed by atoms with van der Waals surface area (Å²) < 4.78 is 6.85. The second-order valence-electron chi connectivity index (χ2n) is 5.19. The number of hydrogen-bond donors (Lipinski definition) is 6. The minimum atomic E-state index is -1.33. The monoisotopic (exact) mass is 326 g/mol. The van der Waals surface area contributed by atoms with Crippen LogP contribution in [-0.2, 0) is 4.74 Å². The van der Waals surface area contributed by atoms with Crippen LogP contribution in [0.3, 0.4) is 0 Å². The van der Waals surface area contributed by atoms with Crippen LogP contribution in [0.5, 0.6) is 0 Å². The van der Waals surface area contributed by atoms with Gasteiger partial charge in [0.2, 0.25) is 11.9 Å². The normalized spacial score (nSPS) is 27.7.